The number of rotatable bonds is 4. The van der Waals surface area contributed by atoms with Crippen molar-refractivity contribution in [3.8, 4) is 0 Å². The smallest absolute Gasteiger partial charge is 0.289 e. The quantitative estimate of drug-likeness (QED) is 0.659. The number of ether oxygens (including phenoxy) is 1. The van der Waals surface area contributed by atoms with Gasteiger partial charge in [0.25, 0.3) is 5.91 Å². The first-order chi connectivity index (χ1) is 15.1. The summed E-state index contributed by atoms with van der Waals surface area (Å²) in [5.74, 6) is 0.0214. The molecule has 2 unspecified atom stereocenters. The van der Waals surface area contributed by atoms with Crippen LogP contribution >= 0.6 is 11.6 Å². The Morgan fingerprint density at radius 2 is 1.71 bits per heavy atom. The molecule has 2 atom stereocenters. The average molecular weight is 445 g/mol. The van der Waals surface area contributed by atoms with Gasteiger partial charge in [-0.15, -0.1) is 0 Å². The maximum atomic E-state index is 13.3. The molecule has 5 nitrogen and oxygen atoms in total. The van der Waals surface area contributed by atoms with Crippen molar-refractivity contribution in [1.29, 1.82) is 0 Å². The van der Waals surface area contributed by atoms with Gasteiger partial charge in [0.15, 0.2) is 5.76 Å². The Kier molecular flexibility index (Phi) is 7.54. The highest BCUT2D eigenvalue weighted by Gasteiger charge is 2.42. The highest BCUT2D eigenvalue weighted by atomic mass is 35.5. The van der Waals surface area contributed by atoms with Gasteiger partial charge < -0.3 is 15.0 Å². The van der Waals surface area contributed by atoms with E-state index in [0.717, 1.165) is 56.9 Å². The minimum Gasteiger partial charge on any atom is -0.482 e. The molecule has 2 amide bonds. The van der Waals surface area contributed by atoms with Crippen molar-refractivity contribution in [2.24, 2.45) is 0 Å². The average Bonchev–Trinajstić information content (AvgIpc) is 2.74. The molecule has 1 aliphatic heterocycles. The Morgan fingerprint density at radius 3 is 2.48 bits per heavy atom. The van der Waals surface area contributed by atoms with Gasteiger partial charge in [-0.25, -0.2) is 0 Å². The molecule has 1 N–H and O–H groups in total. The van der Waals surface area contributed by atoms with Gasteiger partial charge in [-0.2, -0.15) is 0 Å². The number of hydrogen-bond acceptors (Lipinski definition) is 3. The number of nitrogens with one attached hydrogen (secondary N) is 1. The van der Waals surface area contributed by atoms with Crippen molar-refractivity contribution in [1.82, 2.24) is 10.2 Å². The molecule has 0 radical (unpaired) electrons. The van der Waals surface area contributed by atoms with Crippen LogP contribution in [-0.4, -0.2) is 41.4 Å². The van der Waals surface area contributed by atoms with E-state index in [1.54, 1.807) is 17.0 Å². The molecule has 0 spiro atoms. The van der Waals surface area contributed by atoms with Crippen LogP contribution in [0.2, 0.25) is 5.02 Å². The third kappa shape index (κ3) is 5.62. The number of morpholine rings is 1. The van der Waals surface area contributed by atoms with E-state index in [4.69, 9.17) is 16.3 Å². The second kappa shape index (κ2) is 10.5. The maximum Gasteiger partial charge on any atom is 0.289 e. The summed E-state index contributed by atoms with van der Waals surface area (Å²) in [5, 5.41) is 3.78. The molecule has 0 bridgehead atoms. The van der Waals surface area contributed by atoms with Crippen LogP contribution in [0.1, 0.15) is 76.2 Å². The predicted molar refractivity (Wildman–Crippen MR) is 123 cm³/mol. The van der Waals surface area contributed by atoms with Gasteiger partial charge in [-0.3, -0.25) is 9.59 Å². The largest absolute Gasteiger partial charge is 0.482 e. The third-order valence-corrected chi connectivity index (χ3v) is 7.14. The lowest BCUT2D eigenvalue weighted by atomic mass is 9.89. The van der Waals surface area contributed by atoms with Gasteiger partial charge in [0.2, 0.25) is 5.91 Å². The Balaban J connectivity index is 1.49. The van der Waals surface area contributed by atoms with E-state index in [9.17, 15) is 9.59 Å². The monoisotopic (exact) mass is 444 g/mol. The normalized spacial score (nSPS) is 26.5. The fourth-order valence-corrected chi connectivity index (χ4v) is 5.31. The van der Waals surface area contributed by atoms with E-state index in [-0.39, 0.29) is 42.3 Å². The Morgan fingerprint density at radius 1 is 1.03 bits per heavy atom. The van der Waals surface area contributed by atoms with Crippen molar-refractivity contribution >= 4 is 29.5 Å². The standard InChI is InChI=1S/C25H33ClN2O3/c26-20-13-7-6-10-18(20)16-23-25(30)28(21-14-8-9-15-22(21)31-23)17-24(29)27-19-11-4-2-1-3-5-12-19/h6-7,10,13,16,19,21-22H,1-5,8-9,11-12,14-15,17H2,(H,27,29)/b23-16+. The summed E-state index contributed by atoms with van der Waals surface area (Å²) in [4.78, 5) is 28.0. The molecule has 0 aromatic heterocycles. The van der Waals surface area contributed by atoms with Crippen LogP contribution in [0.5, 0.6) is 0 Å². The zero-order chi connectivity index (χ0) is 21.6. The second-order valence-electron chi connectivity index (χ2n) is 9.08. The predicted octanol–water partition coefficient (Wildman–Crippen LogP) is 5.08. The fraction of sp³-hybridized carbons (Fsp3) is 0.600. The van der Waals surface area contributed by atoms with Gasteiger partial charge in [0.05, 0.1) is 6.04 Å². The van der Waals surface area contributed by atoms with E-state index in [1.807, 2.05) is 18.2 Å². The van der Waals surface area contributed by atoms with Crippen molar-refractivity contribution in [3.05, 3.63) is 40.6 Å². The maximum absolute atomic E-state index is 13.3. The van der Waals surface area contributed by atoms with Crippen molar-refractivity contribution in [3.63, 3.8) is 0 Å². The van der Waals surface area contributed by atoms with E-state index in [1.165, 1.54) is 19.3 Å². The summed E-state index contributed by atoms with van der Waals surface area (Å²) in [6, 6.07) is 7.60. The van der Waals surface area contributed by atoms with Gasteiger partial charge >= 0.3 is 0 Å². The second-order valence-corrected chi connectivity index (χ2v) is 9.49. The highest BCUT2D eigenvalue weighted by Crippen LogP contribution is 2.33. The van der Waals surface area contributed by atoms with Crippen LogP contribution < -0.4 is 5.32 Å². The third-order valence-electron chi connectivity index (χ3n) is 6.79. The number of carbonyl (C=O) groups excluding carboxylic acids is 2. The van der Waals surface area contributed by atoms with Gasteiger partial charge in [-0.05, 0) is 49.8 Å². The van der Waals surface area contributed by atoms with E-state index in [2.05, 4.69) is 5.32 Å². The van der Waals surface area contributed by atoms with Gasteiger partial charge in [0.1, 0.15) is 12.6 Å². The lowest BCUT2D eigenvalue weighted by Gasteiger charge is -2.44. The molecule has 4 rings (SSSR count). The number of fused-ring (bicyclic) bond motifs is 1. The first kappa shape index (κ1) is 22.2. The molecular weight excluding hydrogens is 412 g/mol. The molecule has 3 fully saturated rings. The molecule has 2 saturated carbocycles. The van der Waals surface area contributed by atoms with Crippen molar-refractivity contribution < 1.29 is 14.3 Å². The summed E-state index contributed by atoms with van der Waals surface area (Å²) in [7, 11) is 0. The summed E-state index contributed by atoms with van der Waals surface area (Å²) < 4.78 is 6.13. The van der Waals surface area contributed by atoms with E-state index >= 15 is 0 Å². The zero-order valence-corrected chi connectivity index (χ0v) is 18.9. The molecule has 1 aromatic rings. The van der Waals surface area contributed by atoms with Crippen LogP contribution in [0.4, 0.5) is 0 Å². The van der Waals surface area contributed by atoms with Gasteiger partial charge in [-0.1, -0.05) is 68.3 Å². The molecule has 6 heteroatoms. The molecule has 168 valence electrons. The van der Waals surface area contributed by atoms with Crippen molar-refractivity contribution in [2.75, 3.05) is 6.54 Å². The Bertz CT molecular complexity index is 817. The van der Waals surface area contributed by atoms with E-state index in [0.29, 0.717) is 5.02 Å². The lowest BCUT2D eigenvalue weighted by Crippen LogP contribution is -2.57. The minimum absolute atomic E-state index is 0.0345. The highest BCUT2D eigenvalue weighted by molar-refractivity contribution is 6.32. The molecule has 1 heterocycles. The summed E-state index contributed by atoms with van der Waals surface area (Å²) in [6.45, 7) is 0.0969. The SMILES string of the molecule is O=C(CN1C(=O)/C(=C\c2ccccc2Cl)OC2CCCCC21)NC1CCCCCCC1. The minimum atomic E-state index is -0.212. The fourth-order valence-electron chi connectivity index (χ4n) is 5.12. The summed E-state index contributed by atoms with van der Waals surface area (Å²) in [5.41, 5.74) is 0.751. The van der Waals surface area contributed by atoms with Crippen LogP contribution in [0.15, 0.2) is 30.0 Å². The summed E-state index contributed by atoms with van der Waals surface area (Å²) >= 11 is 6.29. The lowest BCUT2D eigenvalue weighted by molar-refractivity contribution is -0.152. The zero-order valence-electron chi connectivity index (χ0n) is 18.2. The number of nitrogens with zero attached hydrogens (tertiary/aromatic N) is 1. The van der Waals surface area contributed by atoms with Crippen molar-refractivity contribution in [2.45, 2.75) is 88.8 Å². The molecule has 3 aliphatic rings. The molecule has 1 saturated heterocycles. The molecule has 1 aromatic carbocycles. The Labute approximate surface area is 190 Å². The molecular formula is C25H33ClN2O3. The summed E-state index contributed by atoms with van der Waals surface area (Å²) in [6.07, 6.45) is 13.8. The van der Waals surface area contributed by atoms with Gasteiger partial charge in [0, 0.05) is 11.1 Å². The van der Waals surface area contributed by atoms with Crippen LogP contribution in [0, 0.1) is 0 Å². The number of hydrogen-bond donors (Lipinski definition) is 1. The van der Waals surface area contributed by atoms with Crippen LogP contribution in [0.3, 0.4) is 0 Å². The first-order valence-electron chi connectivity index (χ1n) is 11.8. The molecule has 31 heavy (non-hydrogen) atoms. The Hall–Kier alpha value is -2.01. The number of amides is 2. The topological polar surface area (TPSA) is 58.6 Å². The van der Waals surface area contributed by atoms with E-state index < -0.39 is 0 Å². The number of carbonyl (C=O) groups is 2. The number of benzene rings is 1. The van der Waals surface area contributed by atoms with Crippen LogP contribution in [0.25, 0.3) is 6.08 Å². The number of halogens is 1. The van der Waals surface area contributed by atoms with Crippen LogP contribution in [-0.2, 0) is 14.3 Å². The first-order valence-corrected chi connectivity index (χ1v) is 12.2. The molecule has 2 aliphatic carbocycles.